The molecule has 9 nitrogen and oxygen atoms in total. The van der Waals surface area contributed by atoms with Gasteiger partial charge in [0.1, 0.15) is 11.9 Å². The van der Waals surface area contributed by atoms with Crippen LogP contribution >= 0.6 is 0 Å². The maximum Gasteiger partial charge on any atom is 0.401 e. The lowest BCUT2D eigenvalue weighted by Gasteiger charge is -2.33. The minimum absolute atomic E-state index is 0.235. The molecule has 9 heteroatoms. The zero-order valence-electron chi connectivity index (χ0n) is 18.8. The van der Waals surface area contributed by atoms with Crippen molar-refractivity contribution in [1.82, 2.24) is 19.3 Å². The molecule has 3 aliphatic rings. The van der Waals surface area contributed by atoms with Crippen molar-refractivity contribution >= 4 is 23.7 Å². The Labute approximate surface area is 187 Å². The number of urea groups is 1. The normalized spacial score (nSPS) is 21.1. The summed E-state index contributed by atoms with van der Waals surface area (Å²) in [5, 5.41) is 0. The van der Waals surface area contributed by atoms with Gasteiger partial charge in [-0.2, -0.15) is 0 Å². The average molecular weight is 438 g/mol. The number of ether oxygens (including phenoxy) is 1. The van der Waals surface area contributed by atoms with Crippen LogP contribution in [0.25, 0.3) is 0 Å². The van der Waals surface area contributed by atoms with Gasteiger partial charge in [0.25, 0.3) is 5.91 Å². The molecule has 1 atom stereocenters. The molecule has 0 radical (unpaired) electrons. The first kappa shape index (κ1) is 20.8. The Morgan fingerprint density at radius 3 is 2.53 bits per heavy atom. The summed E-state index contributed by atoms with van der Waals surface area (Å²) in [5.41, 5.74) is 3.11. The Kier molecular flexibility index (Phi) is 5.30. The first-order valence-electron chi connectivity index (χ1n) is 11.1. The summed E-state index contributed by atoms with van der Waals surface area (Å²) in [6.07, 6.45) is 1.97. The van der Waals surface area contributed by atoms with Crippen LogP contribution in [0.2, 0.25) is 0 Å². The summed E-state index contributed by atoms with van der Waals surface area (Å²) in [4.78, 5) is 36.5. The number of fused-ring (bicyclic) bond motifs is 3. The predicted octanol–water partition coefficient (Wildman–Crippen LogP) is 1.40. The summed E-state index contributed by atoms with van der Waals surface area (Å²) in [6, 6.07) is 6.95. The molecule has 168 valence electrons. The molecule has 0 spiro atoms. The number of amidine groups is 1. The van der Waals surface area contributed by atoms with Crippen LogP contribution in [0.3, 0.4) is 0 Å². The number of benzene rings is 1. The smallest absolute Gasteiger partial charge is 0.379 e. The number of likely N-dealkylation sites (N-methyl/N-ethyl adjacent to an activating group) is 1. The quantitative estimate of drug-likeness (QED) is 0.663. The van der Waals surface area contributed by atoms with Crippen molar-refractivity contribution in [2.24, 2.45) is 4.99 Å². The second kappa shape index (κ2) is 8.14. The van der Waals surface area contributed by atoms with E-state index in [0.717, 1.165) is 62.2 Å². The molecule has 0 saturated carbocycles. The molecule has 2 aromatic rings. The zero-order valence-corrected chi connectivity index (χ0v) is 18.8. The fourth-order valence-electron chi connectivity index (χ4n) is 4.59. The van der Waals surface area contributed by atoms with Gasteiger partial charge >= 0.3 is 12.0 Å². The zero-order chi connectivity index (χ0) is 22.4. The summed E-state index contributed by atoms with van der Waals surface area (Å²) in [7, 11) is 1.69. The second-order valence-corrected chi connectivity index (χ2v) is 8.71. The second-order valence-electron chi connectivity index (χ2n) is 8.71. The number of carbonyl (C=O) groups is 2. The van der Waals surface area contributed by atoms with Gasteiger partial charge in [0.15, 0.2) is 0 Å². The van der Waals surface area contributed by atoms with E-state index in [9.17, 15) is 9.59 Å². The predicted molar refractivity (Wildman–Crippen MR) is 118 cm³/mol. The van der Waals surface area contributed by atoms with Gasteiger partial charge < -0.3 is 4.74 Å². The van der Waals surface area contributed by atoms with E-state index in [1.165, 1.54) is 9.80 Å². The highest BCUT2D eigenvalue weighted by Gasteiger charge is 2.53. The Morgan fingerprint density at radius 2 is 1.81 bits per heavy atom. The molecule has 3 aliphatic heterocycles. The maximum absolute atomic E-state index is 13.5. The van der Waals surface area contributed by atoms with E-state index in [2.05, 4.69) is 9.47 Å². The van der Waals surface area contributed by atoms with Gasteiger partial charge in [-0.1, -0.05) is 34.8 Å². The molecule has 0 N–H and O–H groups in total. The maximum atomic E-state index is 13.5. The summed E-state index contributed by atoms with van der Waals surface area (Å²) in [6.45, 7) is 9.35. The molecule has 4 heterocycles. The molecule has 1 unspecified atom stereocenters. The van der Waals surface area contributed by atoms with Crippen LogP contribution in [-0.2, 0) is 22.6 Å². The number of rotatable bonds is 5. The van der Waals surface area contributed by atoms with Crippen LogP contribution < -0.4 is 4.57 Å². The Balaban J connectivity index is 1.41. The van der Waals surface area contributed by atoms with Gasteiger partial charge in [0.2, 0.25) is 11.9 Å². The van der Waals surface area contributed by atoms with Crippen molar-refractivity contribution < 1.29 is 18.9 Å². The van der Waals surface area contributed by atoms with Crippen molar-refractivity contribution in [3.05, 3.63) is 47.3 Å². The van der Waals surface area contributed by atoms with Gasteiger partial charge in [-0.25, -0.2) is 13.9 Å². The van der Waals surface area contributed by atoms with Crippen molar-refractivity contribution in [2.45, 2.75) is 33.0 Å². The summed E-state index contributed by atoms with van der Waals surface area (Å²) < 4.78 is 9.49. The minimum Gasteiger partial charge on any atom is -0.379 e. The first-order chi connectivity index (χ1) is 15.4. The third kappa shape index (κ3) is 3.51. The van der Waals surface area contributed by atoms with E-state index in [1.54, 1.807) is 7.05 Å². The lowest BCUT2D eigenvalue weighted by Crippen LogP contribution is -2.62. The number of hydrogen-bond donors (Lipinski definition) is 0. The van der Waals surface area contributed by atoms with Crippen molar-refractivity contribution in [3.8, 4) is 0 Å². The average Bonchev–Trinajstić information content (AvgIpc) is 3.30. The van der Waals surface area contributed by atoms with Crippen molar-refractivity contribution in [3.63, 3.8) is 0 Å². The Hall–Kier alpha value is -3.04. The molecule has 3 amide bonds. The molecule has 2 saturated heterocycles. The molecule has 32 heavy (non-hydrogen) atoms. The molecule has 1 aromatic carbocycles. The van der Waals surface area contributed by atoms with Crippen LogP contribution in [0, 0.1) is 13.8 Å². The van der Waals surface area contributed by atoms with Gasteiger partial charge in [-0.05, 0) is 19.4 Å². The number of carbonyl (C=O) groups excluding carboxylic acids is 2. The standard InChI is InChI=1S/C23H29N6O3/c1-16-4-6-18(7-5-16)15-29-21(30)19-20(25(3)23(29)31)24-22-27(17(2)14-28(19)22)9-8-26-10-12-32-13-11-26/h4-7,14,19H,8-13,15H2,1-3H3/q+1. The number of imidazole rings is 1. The van der Waals surface area contributed by atoms with Gasteiger partial charge in [-0.3, -0.25) is 19.5 Å². The van der Waals surface area contributed by atoms with Crippen LogP contribution in [0.1, 0.15) is 22.9 Å². The topological polar surface area (TPSA) is 74.3 Å². The van der Waals surface area contributed by atoms with Crippen LogP contribution in [-0.4, -0.2) is 76.9 Å². The van der Waals surface area contributed by atoms with Crippen molar-refractivity contribution in [2.75, 3.05) is 39.9 Å². The molecular formula is C23H29N6O3+. The lowest BCUT2D eigenvalue weighted by molar-refractivity contribution is -0.677. The van der Waals surface area contributed by atoms with E-state index >= 15 is 0 Å². The number of amides is 3. The van der Waals surface area contributed by atoms with Crippen molar-refractivity contribution in [1.29, 1.82) is 0 Å². The van der Waals surface area contributed by atoms with E-state index in [0.29, 0.717) is 5.84 Å². The highest BCUT2D eigenvalue weighted by molar-refractivity contribution is 6.18. The molecule has 1 aromatic heterocycles. The number of aryl methyl sites for hydroxylation is 2. The molecular weight excluding hydrogens is 408 g/mol. The van der Waals surface area contributed by atoms with Crippen LogP contribution in [0.4, 0.5) is 10.7 Å². The van der Waals surface area contributed by atoms with E-state index in [1.807, 2.05) is 48.9 Å². The van der Waals surface area contributed by atoms with Gasteiger partial charge in [0, 0.05) is 26.7 Å². The SMILES string of the molecule is Cc1ccc(CN2C(=O)C3C(=Nc4n(CCN5CCOCC5)c(C)c[n+]43)N(C)C2=O)cc1. The van der Waals surface area contributed by atoms with Crippen LogP contribution in [0.15, 0.2) is 35.5 Å². The molecule has 5 rings (SSSR count). The Bertz CT molecular complexity index is 1080. The van der Waals surface area contributed by atoms with Crippen LogP contribution in [0.5, 0.6) is 0 Å². The number of aromatic nitrogens is 2. The van der Waals surface area contributed by atoms with Gasteiger partial charge in [0.05, 0.1) is 26.3 Å². The van der Waals surface area contributed by atoms with E-state index in [-0.39, 0.29) is 18.5 Å². The highest BCUT2D eigenvalue weighted by Crippen LogP contribution is 2.30. The fourth-order valence-corrected chi connectivity index (χ4v) is 4.59. The monoisotopic (exact) mass is 437 g/mol. The first-order valence-corrected chi connectivity index (χ1v) is 11.1. The van der Waals surface area contributed by atoms with E-state index in [4.69, 9.17) is 9.73 Å². The lowest BCUT2D eigenvalue weighted by atomic mass is 10.1. The fraction of sp³-hybridized carbons (Fsp3) is 0.478. The molecule has 0 aliphatic carbocycles. The number of morpholine rings is 1. The number of nitrogens with zero attached hydrogens (tertiary/aromatic N) is 6. The minimum atomic E-state index is -0.610. The molecule has 2 fully saturated rings. The third-order valence-electron chi connectivity index (χ3n) is 6.53. The number of hydrogen-bond acceptors (Lipinski definition) is 5. The largest absolute Gasteiger partial charge is 0.401 e. The number of aliphatic imine (C=N–C) groups is 1. The van der Waals surface area contributed by atoms with E-state index < -0.39 is 6.04 Å². The summed E-state index contributed by atoms with van der Waals surface area (Å²) in [5.74, 6) is 0.984. The third-order valence-corrected chi connectivity index (χ3v) is 6.53. The van der Waals surface area contributed by atoms with Gasteiger partial charge in [-0.15, -0.1) is 0 Å². The highest BCUT2D eigenvalue weighted by atomic mass is 16.5. The Morgan fingerprint density at radius 1 is 1.09 bits per heavy atom. The summed E-state index contributed by atoms with van der Waals surface area (Å²) >= 11 is 0. The molecule has 0 bridgehead atoms. The number of imide groups is 1.